The number of nitrogens with one attached hydrogen (secondary N) is 1. The van der Waals surface area contributed by atoms with Crippen LogP contribution in [0.15, 0.2) is 41.6 Å². The molecule has 1 aromatic carbocycles. The number of ether oxygens (including phenoxy) is 2. The normalized spacial score (nSPS) is 22.0. The molecule has 2 saturated heterocycles. The Morgan fingerprint density at radius 2 is 1.81 bits per heavy atom. The van der Waals surface area contributed by atoms with Gasteiger partial charge in [-0.05, 0) is 48.9 Å². The lowest BCUT2D eigenvalue weighted by molar-refractivity contribution is -0.138. The zero-order chi connectivity index (χ0) is 26.0. The van der Waals surface area contributed by atoms with Crippen molar-refractivity contribution in [2.24, 2.45) is 5.92 Å². The molecule has 8 nitrogen and oxygen atoms in total. The molecule has 1 aliphatic carbocycles. The third kappa shape index (κ3) is 6.02. The van der Waals surface area contributed by atoms with Gasteiger partial charge in [0.25, 0.3) is 0 Å². The van der Waals surface area contributed by atoms with E-state index < -0.39 is 21.8 Å². The maximum Gasteiger partial charge on any atom is 0.416 e. The van der Waals surface area contributed by atoms with E-state index in [1.165, 1.54) is 28.8 Å². The Morgan fingerprint density at radius 1 is 1.03 bits per heavy atom. The Morgan fingerprint density at radius 3 is 2.54 bits per heavy atom. The highest BCUT2D eigenvalue weighted by Gasteiger charge is 2.37. The topological polar surface area (TPSA) is 84.0 Å². The minimum atomic E-state index is -4.56. The van der Waals surface area contributed by atoms with Gasteiger partial charge in [-0.25, -0.2) is 8.42 Å². The molecule has 3 aliphatic rings. The lowest BCUT2D eigenvalue weighted by Gasteiger charge is -2.30. The second-order valence-corrected chi connectivity index (χ2v) is 11.5. The van der Waals surface area contributed by atoms with Crippen molar-refractivity contribution in [1.29, 1.82) is 0 Å². The molecule has 0 radical (unpaired) electrons. The average Bonchev–Trinajstić information content (AvgIpc) is 3.74. The van der Waals surface area contributed by atoms with Crippen molar-refractivity contribution in [2.75, 3.05) is 56.2 Å². The van der Waals surface area contributed by atoms with Gasteiger partial charge < -0.3 is 19.7 Å². The molecular formula is C25H31F3N4O4S. The molecule has 2 aliphatic heterocycles. The third-order valence-electron chi connectivity index (χ3n) is 7.13. The van der Waals surface area contributed by atoms with Crippen LogP contribution in [0.5, 0.6) is 0 Å². The van der Waals surface area contributed by atoms with Gasteiger partial charge in [-0.15, -0.1) is 0 Å². The number of hydrogen-bond acceptors (Lipinski definition) is 7. The van der Waals surface area contributed by atoms with E-state index in [1.54, 1.807) is 6.07 Å². The first-order valence-corrected chi connectivity index (χ1v) is 14.0. The van der Waals surface area contributed by atoms with Gasteiger partial charge in [0.15, 0.2) is 0 Å². The number of alkyl halides is 3. The molecule has 1 N–H and O–H groups in total. The molecule has 0 spiro atoms. The highest BCUT2D eigenvalue weighted by molar-refractivity contribution is 7.89. The molecule has 2 aromatic rings. The van der Waals surface area contributed by atoms with Gasteiger partial charge in [0.1, 0.15) is 4.90 Å². The zero-order valence-electron chi connectivity index (χ0n) is 20.4. The van der Waals surface area contributed by atoms with Crippen molar-refractivity contribution in [2.45, 2.75) is 43.0 Å². The molecule has 0 amide bonds. The molecular weight excluding hydrogens is 509 g/mol. The van der Waals surface area contributed by atoms with Crippen LogP contribution >= 0.6 is 0 Å². The van der Waals surface area contributed by atoms with E-state index in [2.05, 4.69) is 10.3 Å². The summed E-state index contributed by atoms with van der Waals surface area (Å²) in [4.78, 5) is 5.79. The van der Waals surface area contributed by atoms with Crippen LogP contribution in [0, 0.1) is 5.92 Å². The Balaban J connectivity index is 1.35. The fourth-order valence-electron chi connectivity index (χ4n) is 4.91. The van der Waals surface area contributed by atoms with Crippen LogP contribution in [0.3, 0.4) is 0 Å². The van der Waals surface area contributed by atoms with Crippen LogP contribution in [-0.2, 0) is 32.2 Å². The quantitative estimate of drug-likeness (QED) is 0.573. The third-order valence-corrected chi connectivity index (χ3v) is 9.06. The minimum absolute atomic E-state index is 0.0279. The Hall–Kier alpha value is -2.41. The van der Waals surface area contributed by atoms with Gasteiger partial charge in [0.2, 0.25) is 10.0 Å². The van der Waals surface area contributed by atoms with Gasteiger partial charge in [-0.1, -0.05) is 6.07 Å². The van der Waals surface area contributed by atoms with Crippen molar-refractivity contribution in [3.05, 3.63) is 47.8 Å². The standard InChI is InChI=1S/C25H31F3N4O4S/c26-25(27,28)21-15-20(31-9-12-35-13-10-31)4-3-19(21)16-30-22-5-7-29-17-24(22)37(33,34)32-8-6-23(18-1-2-18)36-14-11-32/h3-5,7,15,17-18,23H,1-2,6,8-14,16H2,(H,29,30). The number of nitrogens with zero attached hydrogens (tertiary/aromatic N) is 3. The molecule has 12 heteroatoms. The molecule has 3 fully saturated rings. The van der Waals surface area contributed by atoms with Crippen molar-refractivity contribution < 1.29 is 31.1 Å². The van der Waals surface area contributed by atoms with E-state index >= 15 is 0 Å². The molecule has 1 atom stereocenters. The number of anilines is 2. The fourth-order valence-corrected chi connectivity index (χ4v) is 6.47. The second-order valence-electron chi connectivity index (χ2n) is 9.60. The summed E-state index contributed by atoms with van der Waals surface area (Å²) in [5.74, 6) is 0.510. The first-order chi connectivity index (χ1) is 17.7. The van der Waals surface area contributed by atoms with Crippen molar-refractivity contribution in [3.63, 3.8) is 0 Å². The first kappa shape index (κ1) is 26.2. The second kappa shape index (κ2) is 10.8. The molecule has 1 unspecified atom stereocenters. The summed E-state index contributed by atoms with van der Waals surface area (Å²) in [7, 11) is -3.92. The van der Waals surface area contributed by atoms with Crippen LogP contribution < -0.4 is 10.2 Å². The van der Waals surface area contributed by atoms with Gasteiger partial charge in [0.05, 0.1) is 37.2 Å². The smallest absolute Gasteiger partial charge is 0.380 e. The predicted molar refractivity (Wildman–Crippen MR) is 132 cm³/mol. The Kier molecular flexibility index (Phi) is 7.62. The molecule has 1 aromatic heterocycles. The maximum absolute atomic E-state index is 14.0. The van der Waals surface area contributed by atoms with E-state index in [9.17, 15) is 21.6 Å². The molecule has 5 rings (SSSR count). The van der Waals surface area contributed by atoms with Gasteiger partial charge in [0, 0.05) is 50.8 Å². The number of rotatable bonds is 7. The van der Waals surface area contributed by atoms with Crippen molar-refractivity contribution >= 4 is 21.4 Å². The molecule has 0 bridgehead atoms. The van der Waals surface area contributed by atoms with Crippen LogP contribution in [0.1, 0.15) is 30.4 Å². The summed E-state index contributed by atoms with van der Waals surface area (Å²) in [6.45, 7) is 2.65. The number of pyridine rings is 1. The van der Waals surface area contributed by atoms with Gasteiger partial charge >= 0.3 is 6.18 Å². The van der Waals surface area contributed by atoms with Crippen LogP contribution in [0.25, 0.3) is 0 Å². The Labute approximate surface area is 214 Å². The molecule has 202 valence electrons. The predicted octanol–water partition coefficient (Wildman–Crippen LogP) is 3.74. The summed E-state index contributed by atoms with van der Waals surface area (Å²) in [6.07, 6.45) is 1.03. The number of halogens is 3. The van der Waals surface area contributed by atoms with Gasteiger partial charge in [-0.3, -0.25) is 4.98 Å². The maximum atomic E-state index is 14.0. The van der Waals surface area contributed by atoms with E-state index in [4.69, 9.17) is 9.47 Å². The summed E-state index contributed by atoms with van der Waals surface area (Å²) < 4.78 is 81.5. The fraction of sp³-hybridized carbons (Fsp3) is 0.560. The first-order valence-electron chi connectivity index (χ1n) is 12.6. The van der Waals surface area contributed by atoms with E-state index in [0.29, 0.717) is 57.5 Å². The molecule has 37 heavy (non-hydrogen) atoms. The van der Waals surface area contributed by atoms with Gasteiger partial charge in [-0.2, -0.15) is 17.5 Å². The van der Waals surface area contributed by atoms with Crippen molar-refractivity contribution in [1.82, 2.24) is 9.29 Å². The zero-order valence-corrected chi connectivity index (χ0v) is 21.2. The summed E-state index contributed by atoms with van der Waals surface area (Å²) >= 11 is 0. The molecule has 1 saturated carbocycles. The number of morpholine rings is 1. The molecule has 3 heterocycles. The summed E-state index contributed by atoms with van der Waals surface area (Å²) in [6, 6.07) is 5.74. The van der Waals surface area contributed by atoms with Crippen LogP contribution in [-0.4, -0.2) is 69.8 Å². The largest absolute Gasteiger partial charge is 0.416 e. The summed E-state index contributed by atoms with van der Waals surface area (Å²) in [5.41, 5.74) is -0.0258. The highest BCUT2D eigenvalue weighted by atomic mass is 32.2. The number of benzene rings is 1. The lowest BCUT2D eigenvalue weighted by Crippen LogP contribution is -2.36. The Bertz CT molecular complexity index is 1200. The number of aromatic nitrogens is 1. The van der Waals surface area contributed by atoms with E-state index in [0.717, 1.165) is 18.9 Å². The van der Waals surface area contributed by atoms with E-state index in [1.807, 2.05) is 4.90 Å². The number of hydrogen-bond donors (Lipinski definition) is 1. The minimum Gasteiger partial charge on any atom is -0.380 e. The average molecular weight is 541 g/mol. The monoisotopic (exact) mass is 540 g/mol. The van der Waals surface area contributed by atoms with Crippen LogP contribution in [0.4, 0.5) is 24.5 Å². The SMILES string of the molecule is O=S(=O)(c1cnccc1NCc1ccc(N2CCOCC2)cc1C(F)(F)F)N1CCOC(C2CC2)CC1. The van der Waals surface area contributed by atoms with E-state index in [-0.39, 0.29) is 35.3 Å². The highest BCUT2D eigenvalue weighted by Crippen LogP contribution is 2.38. The summed E-state index contributed by atoms with van der Waals surface area (Å²) in [5, 5.41) is 2.93. The lowest BCUT2D eigenvalue weighted by atomic mass is 10.0. The number of sulfonamides is 1. The van der Waals surface area contributed by atoms with Crippen LogP contribution in [0.2, 0.25) is 0 Å². The van der Waals surface area contributed by atoms with Crippen molar-refractivity contribution in [3.8, 4) is 0 Å².